The van der Waals surface area contributed by atoms with Crippen LogP contribution in [0.1, 0.15) is 27.7 Å². The number of hydrogen-bond acceptors (Lipinski definition) is 3. The number of aliphatic hydroxyl groups is 1. The van der Waals surface area contributed by atoms with Crippen molar-refractivity contribution in [3.05, 3.63) is 0 Å². The van der Waals surface area contributed by atoms with Crippen molar-refractivity contribution >= 4 is 5.97 Å². The maximum atomic E-state index is 10.9. The molecule has 0 aliphatic heterocycles. The first-order valence-corrected chi connectivity index (χ1v) is 4.35. The minimum absolute atomic E-state index is 0.0130. The molecule has 4 nitrogen and oxygen atoms in total. The summed E-state index contributed by atoms with van der Waals surface area (Å²) in [6, 6.07) is 0. The van der Waals surface area contributed by atoms with Gasteiger partial charge in [0.2, 0.25) is 0 Å². The van der Waals surface area contributed by atoms with Crippen LogP contribution in [-0.4, -0.2) is 34.9 Å². The van der Waals surface area contributed by atoms with Crippen LogP contribution in [0.15, 0.2) is 0 Å². The smallest absolute Gasteiger partial charge is 0.310 e. The van der Waals surface area contributed by atoms with E-state index in [9.17, 15) is 4.79 Å². The van der Waals surface area contributed by atoms with Gasteiger partial charge in [0, 0.05) is 12.1 Å². The SMILES string of the molecule is CC(C)(NCCO)C(C)(C)C(=O)O. The normalized spacial score (nSPS) is 13.0. The highest BCUT2D eigenvalue weighted by atomic mass is 16.4. The lowest BCUT2D eigenvalue weighted by Gasteiger charge is -2.38. The van der Waals surface area contributed by atoms with Crippen LogP contribution < -0.4 is 5.32 Å². The first-order chi connectivity index (χ1) is 5.75. The first kappa shape index (κ1) is 12.4. The second-order valence-corrected chi connectivity index (χ2v) is 4.21. The van der Waals surface area contributed by atoms with Crippen molar-refractivity contribution in [3.63, 3.8) is 0 Å². The Morgan fingerprint density at radius 2 is 1.77 bits per heavy atom. The molecule has 78 valence electrons. The van der Waals surface area contributed by atoms with Gasteiger partial charge in [0.25, 0.3) is 0 Å². The molecule has 0 radical (unpaired) electrons. The number of β-amino-alcohol motifs (C(OH)–C–C–N with tert-alkyl or cyclic N) is 1. The van der Waals surface area contributed by atoms with Crippen LogP contribution in [0.25, 0.3) is 0 Å². The fourth-order valence-electron chi connectivity index (χ4n) is 0.857. The van der Waals surface area contributed by atoms with Gasteiger partial charge in [0.15, 0.2) is 0 Å². The molecule has 0 fully saturated rings. The number of hydrogen-bond donors (Lipinski definition) is 3. The Hall–Kier alpha value is -0.610. The van der Waals surface area contributed by atoms with Crippen LogP contribution in [0, 0.1) is 5.41 Å². The summed E-state index contributed by atoms with van der Waals surface area (Å²) in [4.78, 5) is 10.9. The van der Waals surface area contributed by atoms with E-state index in [1.807, 2.05) is 13.8 Å². The average Bonchev–Trinajstić information content (AvgIpc) is 2.00. The quantitative estimate of drug-likeness (QED) is 0.587. The van der Waals surface area contributed by atoms with E-state index in [1.54, 1.807) is 13.8 Å². The van der Waals surface area contributed by atoms with Crippen molar-refractivity contribution in [3.8, 4) is 0 Å². The lowest BCUT2D eigenvalue weighted by Crippen LogP contribution is -2.55. The monoisotopic (exact) mass is 189 g/mol. The molecule has 3 N–H and O–H groups in total. The van der Waals surface area contributed by atoms with Crippen molar-refractivity contribution in [1.82, 2.24) is 5.32 Å². The van der Waals surface area contributed by atoms with E-state index in [1.165, 1.54) is 0 Å². The Morgan fingerprint density at radius 3 is 2.08 bits per heavy atom. The largest absolute Gasteiger partial charge is 0.481 e. The third kappa shape index (κ3) is 2.67. The van der Waals surface area contributed by atoms with Crippen LogP contribution in [0.3, 0.4) is 0 Å². The molecule has 0 amide bonds. The average molecular weight is 189 g/mol. The number of rotatable bonds is 5. The molecule has 0 saturated heterocycles. The third-order valence-electron chi connectivity index (χ3n) is 2.78. The fraction of sp³-hybridized carbons (Fsp3) is 0.889. The number of carboxylic acid groups (broad SMARTS) is 1. The van der Waals surface area contributed by atoms with Crippen molar-refractivity contribution in [1.29, 1.82) is 0 Å². The summed E-state index contributed by atoms with van der Waals surface area (Å²) in [5.41, 5.74) is -1.40. The zero-order valence-corrected chi connectivity index (χ0v) is 8.72. The standard InChI is InChI=1S/C9H19NO3/c1-8(2,7(12)13)9(3,4)10-5-6-11/h10-11H,5-6H2,1-4H3,(H,12,13). The van der Waals surface area contributed by atoms with Crippen molar-refractivity contribution in [2.24, 2.45) is 5.41 Å². The van der Waals surface area contributed by atoms with Crippen molar-refractivity contribution in [2.45, 2.75) is 33.2 Å². The van der Waals surface area contributed by atoms with E-state index < -0.39 is 16.9 Å². The topological polar surface area (TPSA) is 69.6 Å². The Balaban J connectivity index is 4.50. The second-order valence-electron chi connectivity index (χ2n) is 4.21. The van der Waals surface area contributed by atoms with Crippen LogP contribution in [0.4, 0.5) is 0 Å². The molecule has 0 aliphatic rings. The molecule has 0 aromatic carbocycles. The van der Waals surface area contributed by atoms with Crippen LogP contribution in [-0.2, 0) is 4.79 Å². The molecule has 0 atom stereocenters. The molecule has 4 heteroatoms. The lowest BCUT2D eigenvalue weighted by atomic mass is 9.74. The number of nitrogens with one attached hydrogen (secondary N) is 1. The molecule has 0 aliphatic carbocycles. The highest BCUT2D eigenvalue weighted by Gasteiger charge is 2.42. The molecule has 0 heterocycles. The highest BCUT2D eigenvalue weighted by molar-refractivity contribution is 5.75. The van der Waals surface area contributed by atoms with Gasteiger partial charge in [0.1, 0.15) is 0 Å². The first-order valence-electron chi connectivity index (χ1n) is 4.35. The minimum atomic E-state index is -0.859. The van der Waals surface area contributed by atoms with Gasteiger partial charge in [-0.1, -0.05) is 0 Å². The third-order valence-corrected chi connectivity index (χ3v) is 2.78. The van der Waals surface area contributed by atoms with E-state index >= 15 is 0 Å². The molecular formula is C9H19NO3. The van der Waals surface area contributed by atoms with E-state index in [-0.39, 0.29) is 6.61 Å². The zero-order valence-electron chi connectivity index (χ0n) is 8.72. The summed E-state index contributed by atoms with van der Waals surface area (Å²) in [6.45, 7) is 7.38. The van der Waals surface area contributed by atoms with Crippen LogP contribution >= 0.6 is 0 Å². The molecule has 13 heavy (non-hydrogen) atoms. The Morgan fingerprint density at radius 1 is 1.31 bits per heavy atom. The fourth-order valence-corrected chi connectivity index (χ4v) is 0.857. The van der Waals surface area contributed by atoms with Gasteiger partial charge >= 0.3 is 5.97 Å². The minimum Gasteiger partial charge on any atom is -0.481 e. The maximum absolute atomic E-state index is 10.9. The van der Waals surface area contributed by atoms with E-state index in [0.717, 1.165) is 0 Å². The molecular weight excluding hydrogens is 170 g/mol. The van der Waals surface area contributed by atoms with E-state index in [2.05, 4.69) is 5.32 Å². The molecule has 0 bridgehead atoms. The van der Waals surface area contributed by atoms with E-state index in [4.69, 9.17) is 10.2 Å². The summed E-state index contributed by atoms with van der Waals surface area (Å²) in [6.07, 6.45) is 0. The zero-order chi connectivity index (χ0) is 10.7. The summed E-state index contributed by atoms with van der Waals surface area (Å²) >= 11 is 0. The van der Waals surface area contributed by atoms with Gasteiger partial charge in [-0.25, -0.2) is 0 Å². The summed E-state index contributed by atoms with van der Waals surface area (Å²) in [5, 5.41) is 20.6. The molecule has 0 aromatic heterocycles. The van der Waals surface area contributed by atoms with Crippen molar-refractivity contribution in [2.75, 3.05) is 13.2 Å². The molecule has 0 saturated carbocycles. The number of carboxylic acids is 1. The molecule has 0 rings (SSSR count). The number of aliphatic hydroxyl groups excluding tert-OH is 1. The Labute approximate surface area is 79.0 Å². The maximum Gasteiger partial charge on any atom is 0.310 e. The predicted molar refractivity (Wildman–Crippen MR) is 50.6 cm³/mol. The molecule has 0 unspecified atom stereocenters. The van der Waals surface area contributed by atoms with Gasteiger partial charge < -0.3 is 15.5 Å². The second kappa shape index (κ2) is 4.07. The van der Waals surface area contributed by atoms with Crippen molar-refractivity contribution < 1.29 is 15.0 Å². The Kier molecular flexibility index (Phi) is 3.88. The van der Waals surface area contributed by atoms with Gasteiger partial charge in [-0.15, -0.1) is 0 Å². The van der Waals surface area contributed by atoms with Gasteiger partial charge in [-0.05, 0) is 27.7 Å². The summed E-state index contributed by atoms with van der Waals surface area (Å²) in [5.74, 6) is -0.845. The lowest BCUT2D eigenvalue weighted by molar-refractivity contribution is -0.151. The predicted octanol–water partition coefficient (Wildman–Crippen LogP) is 0.458. The van der Waals surface area contributed by atoms with Gasteiger partial charge in [-0.2, -0.15) is 0 Å². The Bertz CT molecular complexity index is 187. The van der Waals surface area contributed by atoms with Crippen LogP contribution in [0.2, 0.25) is 0 Å². The van der Waals surface area contributed by atoms with Gasteiger partial charge in [-0.3, -0.25) is 4.79 Å². The molecule has 0 spiro atoms. The van der Waals surface area contributed by atoms with E-state index in [0.29, 0.717) is 6.54 Å². The number of carbonyl (C=O) groups is 1. The summed E-state index contributed by atoms with van der Waals surface area (Å²) in [7, 11) is 0. The van der Waals surface area contributed by atoms with Gasteiger partial charge in [0.05, 0.1) is 12.0 Å². The molecule has 0 aromatic rings. The van der Waals surface area contributed by atoms with Crippen LogP contribution in [0.5, 0.6) is 0 Å². The summed E-state index contributed by atoms with van der Waals surface area (Å²) < 4.78 is 0. The highest BCUT2D eigenvalue weighted by Crippen LogP contribution is 2.30. The number of aliphatic carboxylic acids is 1.